The zero-order valence-electron chi connectivity index (χ0n) is 20.2. The van der Waals surface area contributed by atoms with E-state index in [1.54, 1.807) is 0 Å². The van der Waals surface area contributed by atoms with Crippen LogP contribution in [-0.2, 0) is 14.4 Å². The Hall–Kier alpha value is -2.75. The standard InChI is InChI=1S/C27H29N3O4S2/c1-30(12-4-5-13-30)14-6-9-20-16-36-26-23(25(32)29(26)24(20)27(33)34)28-22(31)17-35-21-11-10-18-7-2-3-8-19(18)15-21/h2-3,6-11,15,23,26H,4-5,12-14,16-17H2,1H3,(H-,28,31,33,34)/p+1. The highest BCUT2D eigenvalue weighted by Gasteiger charge is 2.53. The number of rotatable bonds is 8. The minimum absolute atomic E-state index is 0.0418. The molecule has 188 valence electrons. The number of likely N-dealkylation sites (N-methyl/N-ethyl adjacent to an activating group) is 1. The molecule has 2 aromatic rings. The molecule has 0 radical (unpaired) electrons. The van der Waals surface area contributed by atoms with Crippen LogP contribution in [0.4, 0.5) is 0 Å². The number of carboxylic acids is 1. The first kappa shape index (κ1) is 24.9. The van der Waals surface area contributed by atoms with E-state index in [4.69, 9.17) is 0 Å². The Morgan fingerprint density at radius 3 is 2.69 bits per heavy atom. The van der Waals surface area contributed by atoms with Gasteiger partial charge in [0.1, 0.15) is 17.1 Å². The van der Waals surface area contributed by atoms with Crippen LogP contribution in [0.2, 0.25) is 0 Å². The predicted octanol–water partition coefficient (Wildman–Crippen LogP) is 3.47. The molecule has 2 N–H and O–H groups in total. The van der Waals surface area contributed by atoms with Gasteiger partial charge < -0.3 is 14.9 Å². The largest absolute Gasteiger partial charge is 0.477 e. The maximum absolute atomic E-state index is 12.9. The smallest absolute Gasteiger partial charge is 0.352 e. The second kappa shape index (κ2) is 10.3. The second-order valence-corrected chi connectivity index (χ2v) is 11.9. The second-order valence-electron chi connectivity index (χ2n) is 9.79. The topological polar surface area (TPSA) is 86.7 Å². The van der Waals surface area contributed by atoms with Crippen LogP contribution in [-0.4, -0.2) is 81.9 Å². The van der Waals surface area contributed by atoms with Crippen LogP contribution >= 0.6 is 23.5 Å². The summed E-state index contributed by atoms with van der Waals surface area (Å²) in [5.41, 5.74) is 0.694. The fourth-order valence-electron chi connectivity index (χ4n) is 5.12. The normalized spacial score (nSPS) is 23.1. The Morgan fingerprint density at radius 1 is 1.19 bits per heavy atom. The van der Waals surface area contributed by atoms with Gasteiger partial charge in [-0.05, 0) is 34.6 Å². The summed E-state index contributed by atoms with van der Waals surface area (Å²) in [7, 11) is 2.22. The number of amides is 2. The summed E-state index contributed by atoms with van der Waals surface area (Å²) in [6, 6.07) is 13.4. The van der Waals surface area contributed by atoms with Crippen molar-refractivity contribution in [1.29, 1.82) is 0 Å². The average molecular weight is 525 g/mol. The SMILES string of the molecule is C[N+]1(CC=CC2=C(C(=O)O)N3C(=O)C(NC(=O)CSc4ccc5ccccc5c4)C3SC2)CCCC1. The van der Waals surface area contributed by atoms with Gasteiger partial charge in [0.05, 0.1) is 32.4 Å². The number of fused-ring (bicyclic) bond motifs is 2. The number of likely N-dealkylation sites (tertiary alicyclic amines) is 1. The number of nitrogens with zero attached hydrogens (tertiary/aromatic N) is 2. The molecule has 2 fully saturated rings. The van der Waals surface area contributed by atoms with E-state index in [1.807, 2.05) is 54.6 Å². The Kier molecular flexibility index (Phi) is 7.14. The molecule has 5 rings (SSSR count). The van der Waals surface area contributed by atoms with E-state index in [9.17, 15) is 19.5 Å². The summed E-state index contributed by atoms with van der Waals surface area (Å²) in [6.07, 6.45) is 6.36. The molecule has 36 heavy (non-hydrogen) atoms. The number of benzene rings is 2. The molecule has 3 heterocycles. The zero-order chi connectivity index (χ0) is 25.3. The number of thioether (sulfide) groups is 2. The quantitative estimate of drug-likeness (QED) is 0.313. The molecule has 2 amide bonds. The van der Waals surface area contributed by atoms with Crippen molar-refractivity contribution >= 4 is 52.1 Å². The Morgan fingerprint density at radius 2 is 1.94 bits per heavy atom. The summed E-state index contributed by atoms with van der Waals surface area (Å²) >= 11 is 2.92. The summed E-state index contributed by atoms with van der Waals surface area (Å²) in [5.74, 6) is -1.02. The molecule has 0 spiro atoms. The molecule has 0 aliphatic carbocycles. The van der Waals surface area contributed by atoms with Gasteiger partial charge in [-0.1, -0.05) is 36.4 Å². The maximum Gasteiger partial charge on any atom is 0.352 e. The van der Waals surface area contributed by atoms with Gasteiger partial charge >= 0.3 is 5.97 Å². The minimum atomic E-state index is -1.11. The third kappa shape index (κ3) is 5.05. The molecule has 2 atom stereocenters. The van der Waals surface area contributed by atoms with Crippen LogP contribution in [0.25, 0.3) is 10.8 Å². The monoisotopic (exact) mass is 524 g/mol. The van der Waals surface area contributed by atoms with Crippen LogP contribution in [0.3, 0.4) is 0 Å². The van der Waals surface area contributed by atoms with Crippen LogP contribution in [0, 0.1) is 0 Å². The lowest BCUT2D eigenvalue weighted by Gasteiger charge is -2.49. The highest BCUT2D eigenvalue weighted by atomic mass is 32.2. The van der Waals surface area contributed by atoms with Crippen LogP contribution in [0.1, 0.15) is 12.8 Å². The molecule has 0 bridgehead atoms. The lowest BCUT2D eigenvalue weighted by Crippen LogP contribution is -2.70. The number of carbonyl (C=O) groups is 3. The van der Waals surface area contributed by atoms with Crippen molar-refractivity contribution in [2.24, 2.45) is 0 Å². The molecule has 9 heteroatoms. The van der Waals surface area contributed by atoms with Gasteiger partial charge in [-0.3, -0.25) is 14.5 Å². The van der Waals surface area contributed by atoms with Gasteiger partial charge in [-0.25, -0.2) is 4.79 Å². The number of hydrogen-bond donors (Lipinski definition) is 2. The zero-order valence-corrected chi connectivity index (χ0v) is 21.8. The Balaban J connectivity index is 1.20. The molecule has 7 nitrogen and oxygen atoms in total. The van der Waals surface area contributed by atoms with Crippen LogP contribution in [0.15, 0.2) is 70.8 Å². The van der Waals surface area contributed by atoms with Gasteiger partial charge in [0.15, 0.2) is 0 Å². The van der Waals surface area contributed by atoms with Crippen LogP contribution < -0.4 is 5.32 Å². The van der Waals surface area contributed by atoms with E-state index in [0.29, 0.717) is 11.3 Å². The summed E-state index contributed by atoms with van der Waals surface area (Å²) < 4.78 is 0.968. The number of nitrogens with one attached hydrogen (secondary N) is 1. The first-order chi connectivity index (χ1) is 17.3. The molecule has 3 aliphatic heterocycles. The number of hydrogen-bond acceptors (Lipinski definition) is 5. The number of allylic oxidation sites excluding steroid dienone is 1. The molecule has 3 aliphatic rings. The summed E-state index contributed by atoms with van der Waals surface area (Å²) in [5, 5.41) is 14.6. The van der Waals surface area contributed by atoms with Crippen molar-refractivity contribution in [3.63, 3.8) is 0 Å². The molecule has 0 aromatic heterocycles. The first-order valence-corrected chi connectivity index (χ1v) is 14.2. The Bertz CT molecular complexity index is 1270. The number of carbonyl (C=O) groups excluding carboxylic acids is 2. The van der Waals surface area contributed by atoms with E-state index in [-0.39, 0.29) is 23.3 Å². The third-order valence-electron chi connectivity index (χ3n) is 7.12. The Labute approximate surface area is 219 Å². The van der Waals surface area contributed by atoms with Gasteiger partial charge in [-0.2, -0.15) is 0 Å². The fraction of sp³-hybridized carbons (Fsp3) is 0.370. The van der Waals surface area contributed by atoms with Crippen LogP contribution in [0.5, 0.6) is 0 Å². The van der Waals surface area contributed by atoms with Gasteiger partial charge in [0, 0.05) is 23.5 Å². The van der Waals surface area contributed by atoms with Gasteiger partial charge in [-0.15, -0.1) is 23.5 Å². The van der Waals surface area contributed by atoms with E-state index >= 15 is 0 Å². The number of aliphatic carboxylic acids is 1. The molecule has 2 saturated heterocycles. The molecule has 0 saturated carbocycles. The third-order valence-corrected chi connectivity index (χ3v) is 9.41. The van der Waals surface area contributed by atoms with Crippen molar-refractivity contribution in [3.8, 4) is 0 Å². The fourth-order valence-corrected chi connectivity index (χ4v) is 7.20. The number of β-lactam (4-membered cyclic amide) rings is 1. The molecular weight excluding hydrogens is 494 g/mol. The molecule has 2 aromatic carbocycles. The number of quaternary nitrogens is 1. The van der Waals surface area contributed by atoms with Gasteiger partial charge in [0.2, 0.25) is 5.91 Å². The van der Waals surface area contributed by atoms with Crippen molar-refractivity contribution in [1.82, 2.24) is 10.2 Å². The lowest BCUT2D eigenvalue weighted by atomic mass is 10.0. The summed E-state index contributed by atoms with van der Waals surface area (Å²) in [4.78, 5) is 39.9. The van der Waals surface area contributed by atoms with E-state index in [0.717, 1.165) is 39.8 Å². The van der Waals surface area contributed by atoms with Crippen molar-refractivity contribution in [3.05, 3.63) is 65.9 Å². The molecular formula is C27H30N3O4S2+. The first-order valence-electron chi connectivity index (χ1n) is 12.2. The maximum atomic E-state index is 12.9. The van der Waals surface area contributed by atoms with E-state index in [2.05, 4.69) is 12.4 Å². The lowest BCUT2D eigenvalue weighted by molar-refractivity contribution is -0.891. The van der Waals surface area contributed by atoms with Crippen molar-refractivity contribution in [2.75, 3.05) is 38.2 Å². The van der Waals surface area contributed by atoms with Crippen molar-refractivity contribution in [2.45, 2.75) is 29.2 Å². The highest BCUT2D eigenvalue weighted by Crippen LogP contribution is 2.40. The van der Waals surface area contributed by atoms with E-state index < -0.39 is 17.4 Å². The van der Waals surface area contributed by atoms with Crippen molar-refractivity contribution < 1.29 is 24.0 Å². The highest BCUT2D eigenvalue weighted by molar-refractivity contribution is 8.00. The minimum Gasteiger partial charge on any atom is -0.477 e. The summed E-state index contributed by atoms with van der Waals surface area (Å²) in [6.45, 7) is 3.13. The predicted molar refractivity (Wildman–Crippen MR) is 144 cm³/mol. The van der Waals surface area contributed by atoms with E-state index in [1.165, 1.54) is 41.3 Å². The molecule has 2 unspecified atom stereocenters. The van der Waals surface area contributed by atoms with Gasteiger partial charge in [0.25, 0.3) is 5.91 Å². The number of carboxylic acid groups (broad SMARTS) is 1. The average Bonchev–Trinajstić information content (AvgIpc) is 3.31.